The first-order valence-electron chi connectivity index (χ1n) is 10.4. The molecule has 0 bridgehead atoms. The summed E-state index contributed by atoms with van der Waals surface area (Å²) in [6.45, 7) is 11.4. The predicted octanol–water partition coefficient (Wildman–Crippen LogP) is 5.56. The molecule has 4 rings (SSSR count). The molecule has 2 aromatic carbocycles. The normalized spacial score (nSPS) is 22.7. The Labute approximate surface area is 169 Å². The van der Waals surface area contributed by atoms with E-state index in [2.05, 4.69) is 65.0 Å². The van der Waals surface area contributed by atoms with E-state index in [0.717, 1.165) is 5.75 Å². The largest absolute Gasteiger partial charge is 0.489 e. The zero-order valence-corrected chi connectivity index (χ0v) is 17.7. The highest BCUT2D eigenvalue weighted by molar-refractivity contribution is 6.50. The Balaban J connectivity index is 1.59. The lowest BCUT2D eigenvalue weighted by atomic mass is 9.52. The quantitative estimate of drug-likeness (QED) is 0.616. The summed E-state index contributed by atoms with van der Waals surface area (Å²) in [7, 11) is -0.255. The maximum absolute atomic E-state index is 6.49. The van der Waals surface area contributed by atoms with Crippen LogP contribution >= 0.6 is 0 Å². The van der Waals surface area contributed by atoms with Crippen LogP contribution in [-0.2, 0) is 21.2 Å². The third-order valence-electron chi connectivity index (χ3n) is 6.87. The second kappa shape index (κ2) is 6.93. The second-order valence-corrected chi connectivity index (χ2v) is 9.45. The Kier molecular flexibility index (Phi) is 4.83. The van der Waals surface area contributed by atoms with Crippen LogP contribution in [0.25, 0.3) is 0 Å². The molecule has 1 atom stereocenters. The Morgan fingerprint density at radius 3 is 2.21 bits per heavy atom. The van der Waals surface area contributed by atoms with Gasteiger partial charge in [-0.2, -0.15) is 0 Å². The zero-order chi connectivity index (χ0) is 20.0. The molecule has 0 N–H and O–H groups in total. The van der Waals surface area contributed by atoms with Crippen LogP contribution in [0.5, 0.6) is 5.75 Å². The minimum atomic E-state index is -0.324. The molecule has 2 aliphatic rings. The number of benzene rings is 2. The van der Waals surface area contributed by atoms with Crippen LogP contribution in [0.15, 0.2) is 54.6 Å². The van der Waals surface area contributed by atoms with Gasteiger partial charge >= 0.3 is 7.12 Å². The third-order valence-corrected chi connectivity index (χ3v) is 6.87. The van der Waals surface area contributed by atoms with E-state index in [1.165, 1.54) is 24.0 Å². The van der Waals surface area contributed by atoms with Gasteiger partial charge in [0.25, 0.3) is 0 Å². The minimum absolute atomic E-state index is 0.183. The molecule has 0 amide bonds. The van der Waals surface area contributed by atoms with E-state index in [1.807, 2.05) is 24.3 Å². The summed E-state index contributed by atoms with van der Waals surface area (Å²) in [5.74, 6) is 1.47. The molecule has 1 aliphatic heterocycles. The van der Waals surface area contributed by atoms with Crippen LogP contribution < -0.4 is 4.74 Å². The summed E-state index contributed by atoms with van der Waals surface area (Å²) >= 11 is 0. The molecular weight excluding hydrogens is 347 g/mol. The molecular formula is C24H31BO3. The summed E-state index contributed by atoms with van der Waals surface area (Å²) in [6, 6.07) is 18.8. The first-order valence-corrected chi connectivity index (χ1v) is 10.4. The summed E-state index contributed by atoms with van der Waals surface area (Å²) < 4.78 is 19.1. The van der Waals surface area contributed by atoms with Crippen molar-refractivity contribution in [2.24, 2.45) is 5.92 Å². The van der Waals surface area contributed by atoms with E-state index in [0.29, 0.717) is 12.5 Å². The Hall–Kier alpha value is -1.78. The number of ether oxygens (including phenoxy) is 1. The van der Waals surface area contributed by atoms with Gasteiger partial charge in [0.2, 0.25) is 0 Å². The van der Waals surface area contributed by atoms with Gasteiger partial charge < -0.3 is 14.0 Å². The topological polar surface area (TPSA) is 27.7 Å². The van der Waals surface area contributed by atoms with E-state index in [-0.39, 0.29) is 23.6 Å². The third kappa shape index (κ3) is 3.49. The van der Waals surface area contributed by atoms with Crippen molar-refractivity contribution in [3.63, 3.8) is 0 Å². The van der Waals surface area contributed by atoms with Gasteiger partial charge in [-0.3, -0.25) is 0 Å². The van der Waals surface area contributed by atoms with Crippen molar-refractivity contribution in [1.29, 1.82) is 0 Å². The monoisotopic (exact) mass is 378 g/mol. The number of hydrogen-bond acceptors (Lipinski definition) is 3. The fourth-order valence-corrected chi connectivity index (χ4v) is 4.00. The van der Waals surface area contributed by atoms with Crippen LogP contribution in [-0.4, -0.2) is 18.3 Å². The van der Waals surface area contributed by atoms with Gasteiger partial charge in [0.05, 0.1) is 11.2 Å². The van der Waals surface area contributed by atoms with Crippen molar-refractivity contribution in [3.8, 4) is 5.75 Å². The molecule has 2 fully saturated rings. The highest BCUT2D eigenvalue weighted by Gasteiger charge is 2.62. The standard InChI is InChI=1S/C24H31BO3/c1-22(2)23(3,4)28-25(27-22)24(5,19-14-15-19)20-12-9-13-21(16-20)26-17-18-10-7-6-8-11-18/h6-13,16,19H,14-15,17H2,1-5H3/t24-/m0/s1. The molecule has 1 aliphatic carbocycles. The second-order valence-electron chi connectivity index (χ2n) is 9.45. The lowest BCUT2D eigenvalue weighted by Gasteiger charge is -2.32. The molecule has 1 saturated carbocycles. The molecule has 0 aromatic heterocycles. The molecule has 0 unspecified atom stereocenters. The van der Waals surface area contributed by atoms with E-state index >= 15 is 0 Å². The maximum Gasteiger partial charge on any atom is 0.469 e. The van der Waals surface area contributed by atoms with Gasteiger partial charge in [-0.25, -0.2) is 0 Å². The predicted molar refractivity (Wildman–Crippen MR) is 113 cm³/mol. The van der Waals surface area contributed by atoms with Crippen molar-refractivity contribution in [2.45, 2.75) is 70.6 Å². The van der Waals surface area contributed by atoms with Gasteiger partial charge in [-0.15, -0.1) is 0 Å². The summed E-state index contributed by atoms with van der Waals surface area (Å²) in [5, 5.41) is -0.183. The average Bonchev–Trinajstić information content (AvgIpc) is 3.48. The van der Waals surface area contributed by atoms with Crippen molar-refractivity contribution < 1.29 is 14.0 Å². The lowest BCUT2D eigenvalue weighted by molar-refractivity contribution is 0.00578. The first kappa shape index (κ1) is 19.5. The van der Waals surface area contributed by atoms with Gasteiger partial charge in [-0.05, 0) is 69.7 Å². The molecule has 0 radical (unpaired) electrons. The molecule has 1 saturated heterocycles. The molecule has 1 heterocycles. The van der Waals surface area contributed by atoms with Crippen molar-refractivity contribution in [3.05, 3.63) is 65.7 Å². The highest BCUT2D eigenvalue weighted by atomic mass is 16.7. The van der Waals surface area contributed by atoms with Crippen LogP contribution in [0.4, 0.5) is 0 Å². The molecule has 3 nitrogen and oxygen atoms in total. The average molecular weight is 378 g/mol. The van der Waals surface area contributed by atoms with Crippen LogP contribution in [0.2, 0.25) is 0 Å². The summed E-state index contributed by atoms with van der Waals surface area (Å²) in [6.07, 6.45) is 2.44. The molecule has 4 heteroatoms. The van der Waals surface area contributed by atoms with Crippen molar-refractivity contribution in [1.82, 2.24) is 0 Å². The Bertz CT molecular complexity index is 813. The van der Waals surface area contributed by atoms with Crippen LogP contribution in [0.3, 0.4) is 0 Å². The van der Waals surface area contributed by atoms with Gasteiger partial charge in [-0.1, -0.05) is 49.4 Å². The van der Waals surface area contributed by atoms with Crippen molar-refractivity contribution >= 4 is 7.12 Å². The minimum Gasteiger partial charge on any atom is -0.489 e. The summed E-state index contributed by atoms with van der Waals surface area (Å²) in [5.41, 5.74) is 1.76. The van der Waals surface area contributed by atoms with Gasteiger partial charge in [0, 0.05) is 5.31 Å². The highest BCUT2D eigenvalue weighted by Crippen LogP contribution is 2.53. The van der Waals surface area contributed by atoms with Crippen LogP contribution in [0, 0.1) is 5.92 Å². The smallest absolute Gasteiger partial charge is 0.469 e. The Morgan fingerprint density at radius 2 is 1.61 bits per heavy atom. The molecule has 2 aromatic rings. The van der Waals surface area contributed by atoms with Crippen LogP contribution in [0.1, 0.15) is 58.6 Å². The fourth-order valence-electron chi connectivity index (χ4n) is 4.00. The Morgan fingerprint density at radius 1 is 0.964 bits per heavy atom. The number of rotatable bonds is 6. The maximum atomic E-state index is 6.49. The van der Waals surface area contributed by atoms with E-state index in [4.69, 9.17) is 14.0 Å². The zero-order valence-electron chi connectivity index (χ0n) is 17.7. The SMILES string of the molecule is CC1(C)OB([C@](C)(c2cccc(OCc3ccccc3)c2)C2CC2)OC1(C)C. The van der Waals surface area contributed by atoms with E-state index in [1.54, 1.807) is 0 Å². The van der Waals surface area contributed by atoms with Crippen molar-refractivity contribution in [2.75, 3.05) is 0 Å². The number of hydrogen-bond donors (Lipinski definition) is 0. The lowest BCUT2D eigenvalue weighted by Crippen LogP contribution is -2.45. The van der Waals surface area contributed by atoms with Gasteiger partial charge in [0.1, 0.15) is 12.4 Å². The fraction of sp³-hybridized carbons (Fsp3) is 0.500. The van der Waals surface area contributed by atoms with E-state index in [9.17, 15) is 0 Å². The first-order chi connectivity index (χ1) is 13.2. The molecule has 0 spiro atoms. The van der Waals surface area contributed by atoms with Gasteiger partial charge in [0.15, 0.2) is 0 Å². The summed E-state index contributed by atoms with van der Waals surface area (Å²) in [4.78, 5) is 0. The molecule has 28 heavy (non-hydrogen) atoms. The molecule has 148 valence electrons. The van der Waals surface area contributed by atoms with E-state index < -0.39 is 0 Å².